The van der Waals surface area contributed by atoms with E-state index in [1.807, 2.05) is 36.4 Å². The fraction of sp³-hybridized carbons (Fsp3) is 0.357. The van der Waals surface area contributed by atoms with Gasteiger partial charge in [0, 0.05) is 31.2 Å². The van der Waals surface area contributed by atoms with Gasteiger partial charge >= 0.3 is 5.97 Å². The van der Waals surface area contributed by atoms with Gasteiger partial charge < -0.3 is 15.0 Å². The second-order valence-electron chi connectivity index (χ2n) is 10.1. The number of piperidine rings is 3. The van der Waals surface area contributed by atoms with Gasteiger partial charge in [-0.25, -0.2) is 9.97 Å². The zero-order chi connectivity index (χ0) is 24.0. The largest absolute Gasteiger partial charge is 0.455 e. The first-order valence-corrected chi connectivity index (χ1v) is 12.3. The van der Waals surface area contributed by atoms with Gasteiger partial charge in [0.2, 0.25) is 0 Å². The first-order valence-electron chi connectivity index (χ1n) is 12.3. The Morgan fingerprint density at radius 2 is 1.54 bits per heavy atom. The number of carbonyl (C=O) groups excluding carboxylic acids is 2. The summed E-state index contributed by atoms with van der Waals surface area (Å²) in [7, 11) is 0. The number of fused-ring (bicyclic) bond motifs is 5. The highest BCUT2D eigenvalue weighted by atomic mass is 16.5. The average molecular weight is 470 g/mol. The van der Waals surface area contributed by atoms with E-state index in [0.717, 1.165) is 49.0 Å². The zero-order valence-corrected chi connectivity index (χ0v) is 19.5. The molecule has 1 aromatic heterocycles. The Labute approximate surface area is 204 Å². The van der Waals surface area contributed by atoms with Gasteiger partial charge in [0.05, 0.1) is 18.7 Å². The number of carbonyl (C=O) groups is 2. The Balaban J connectivity index is 1.30. The maximum Gasteiger partial charge on any atom is 0.318 e. The van der Waals surface area contributed by atoms with Crippen LogP contribution in [-0.2, 0) is 20.7 Å². The third-order valence-electron chi connectivity index (χ3n) is 8.29. The van der Waals surface area contributed by atoms with Crippen molar-refractivity contribution in [1.82, 2.24) is 9.97 Å². The van der Waals surface area contributed by atoms with E-state index in [2.05, 4.69) is 22.1 Å². The number of esters is 1. The van der Waals surface area contributed by atoms with Crippen molar-refractivity contribution in [2.24, 2.45) is 11.7 Å². The maximum absolute atomic E-state index is 13.8. The molecule has 3 fully saturated rings. The Hall–Kier alpha value is -3.58. The third kappa shape index (κ3) is 3.71. The van der Waals surface area contributed by atoms with E-state index in [-0.39, 0.29) is 18.0 Å². The summed E-state index contributed by atoms with van der Waals surface area (Å²) in [6.45, 7) is 2.24. The van der Waals surface area contributed by atoms with Gasteiger partial charge in [0.15, 0.2) is 12.1 Å². The standard InChI is InChI=1S/C28H28N4O3/c29-27(33)26(21-14-30-17-31-15-21)32-11-9-18(10-12-32)24(16-32)35-28(34)25-22-7-3-1-5-19(22)13-20-6-2-4-8-23(20)25/h1-8,14-15,17-18,24-26H,9-13,16H2,(H-,29,33)/p+1/t18?,24-,26?,32?/m0/s1. The number of hydrogen-bond acceptors (Lipinski definition) is 5. The maximum atomic E-state index is 13.8. The van der Waals surface area contributed by atoms with Crippen LogP contribution in [0, 0.1) is 5.92 Å². The summed E-state index contributed by atoms with van der Waals surface area (Å²) in [6.07, 6.45) is 7.16. The van der Waals surface area contributed by atoms with Crippen LogP contribution in [0.1, 0.15) is 52.6 Å². The molecule has 2 aromatic carbocycles. The van der Waals surface area contributed by atoms with E-state index >= 15 is 0 Å². The molecule has 2 atom stereocenters. The van der Waals surface area contributed by atoms with Crippen LogP contribution in [0.2, 0.25) is 0 Å². The second-order valence-corrected chi connectivity index (χ2v) is 10.1. The number of rotatable bonds is 5. The van der Waals surface area contributed by atoms with E-state index in [0.29, 0.717) is 16.9 Å². The molecule has 0 saturated carbocycles. The van der Waals surface area contributed by atoms with E-state index < -0.39 is 12.0 Å². The molecule has 1 amide bonds. The number of amides is 1. The van der Waals surface area contributed by atoms with Crippen molar-refractivity contribution < 1.29 is 18.8 Å². The number of hydrogen-bond donors (Lipinski definition) is 1. The quantitative estimate of drug-likeness (QED) is 0.458. The fourth-order valence-corrected chi connectivity index (χ4v) is 6.66. The molecular formula is C28H29N4O3+. The minimum Gasteiger partial charge on any atom is -0.455 e. The topological polar surface area (TPSA) is 95.2 Å². The summed E-state index contributed by atoms with van der Waals surface area (Å²) in [6, 6.07) is 15.7. The van der Waals surface area contributed by atoms with Crippen molar-refractivity contribution in [2.75, 3.05) is 19.6 Å². The summed E-state index contributed by atoms with van der Waals surface area (Å²) < 4.78 is 6.83. The van der Waals surface area contributed by atoms with Crippen molar-refractivity contribution >= 4 is 11.9 Å². The number of aromatic nitrogens is 2. The lowest BCUT2D eigenvalue weighted by molar-refractivity contribution is -0.965. The minimum absolute atomic E-state index is 0.208. The predicted octanol–water partition coefficient (Wildman–Crippen LogP) is 2.89. The highest BCUT2D eigenvalue weighted by Gasteiger charge is 2.54. The molecule has 4 heterocycles. The molecule has 2 N–H and O–H groups in total. The summed E-state index contributed by atoms with van der Waals surface area (Å²) in [5.41, 5.74) is 11.0. The molecule has 3 saturated heterocycles. The predicted molar refractivity (Wildman–Crippen MR) is 129 cm³/mol. The normalized spacial score (nSPS) is 25.8. The summed E-state index contributed by atoms with van der Waals surface area (Å²) >= 11 is 0. The van der Waals surface area contributed by atoms with Crippen LogP contribution in [0.15, 0.2) is 67.3 Å². The van der Waals surface area contributed by atoms with E-state index in [1.165, 1.54) is 17.5 Å². The third-order valence-corrected chi connectivity index (χ3v) is 8.29. The van der Waals surface area contributed by atoms with Crippen LogP contribution in [0.5, 0.6) is 0 Å². The summed E-state index contributed by atoms with van der Waals surface area (Å²) in [4.78, 5) is 34.7. The molecule has 7 rings (SSSR count). The van der Waals surface area contributed by atoms with E-state index in [1.54, 1.807) is 12.4 Å². The molecule has 4 aliphatic rings. The van der Waals surface area contributed by atoms with Crippen LogP contribution >= 0.6 is 0 Å². The molecule has 7 heteroatoms. The molecule has 7 nitrogen and oxygen atoms in total. The Morgan fingerprint density at radius 1 is 0.943 bits per heavy atom. The van der Waals surface area contributed by atoms with Gasteiger partial charge in [-0.3, -0.25) is 9.59 Å². The lowest BCUT2D eigenvalue weighted by atomic mass is 9.77. The Morgan fingerprint density at radius 3 is 2.14 bits per heavy atom. The van der Waals surface area contributed by atoms with Crippen LogP contribution in [0.25, 0.3) is 0 Å². The molecule has 2 bridgehead atoms. The van der Waals surface area contributed by atoms with Gasteiger partial charge in [-0.15, -0.1) is 0 Å². The van der Waals surface area contributed by atoms with Crippen LogP contribution in [0.4, 0.5) is 0 Å². The van der Waals surface area contributed by atoms with Gasteiger partial charge in [0.1, 0.15) is 18.8 Å². The highest BCUT2D eigenvalue weighted by Crippen LogP contribution is 2.44. The van der Waals surface area contributed by atoms with Crippen LogP contribution < -0.4 is 5.73 Å². The van der Waals surface area contributed by atoms with E-state index in [4.69, 9.17) is 10.5 Å². The lowest BCUT2D eigenvalue weighted by Crippen LogP contribution is -2.67. The molecule has 3 aromatic rings. The van der Waals surface area contributed by atoms with Crippen LogP contribution in [-0.4, -0.2) is 52.1 Å². The van der Waals surface area contributed by atoms with Gasteiger partial charge in [0.25, 0.3) is 5.91 Å². The van der Waals surface area contributed by atoms with E-state index in [9.17, 15) is 9.59 Å². The number of nitrogens with zero attached hydrogens (tertiary/aromatic N) is 3. The Kier molecular flexibility index (Phi) is 5.37. The molecule has 3 aliphatic heterocycles. The monoisotopic (exact) mass is 469 g/mol. The number of benzene rings is 2. The molecule has 0 radical (unpaired) electrons. The molecule has 1 unspecified atom stereocenters. The fourth-order valence-electron chi connectivity index (χ4n) is 6.66. The number of quaternary nitrogens is 1. The van der Waals surface area contributed by atoms with Crippen molar-refractivity contribution in [3.63, 3.8) is 0 Å². The SMILES string of the molecule is NC(=O)C(c1cncnc1)[N+]12CCC(CC1)[C@@H](OC(=O)C1c3ccccc3Cc3ccccc31)C2. The number of primary amides is 1. The first kappa shape index (κ1) is 21.9. The summed E-state index contributed by atoms with van der Waals surface area (Å²) in [5.74, 6) is -0.733. The smallest absolute Gasteiger partial charge is 0.318 e. The molecule has 0 spiro atoms. The van der Waals surface area contributed by atoms with Crippen LogP contribution in [0.3, 0.4) is 0 Å². The lowest BCUT2D eigenvalue weighted by Gasteiger charge is -2.54. The molecular weight excluding hydrogens is 440 g/mol. The molecule has 35 heavy (non-hydrogen) atoms. The van der Waals surface area contributed by atoms with Crippen molar-refractivity contribution in [3.8, 4) is 0 Å². The van der Waals surface area contributed by atoms with Gasteiger partial charge in [-0.1, -0.05) is 48.5 Å². The average Bonchev–Trinajstić information content (AvgIpc) is 2.88. The molecule has 178 valence electrons. The minimum atomic E-state index is -0.546. The number of nitrogens with two attached hydrogens (primary N) is 1. The zero-order valence-electron chi connectivity index (χ0n) is 19.5. The number of ether oxygens (including phenoxy) is 1. The van der Waals surface area contributed by atoms with Gasteiger partial charge in [-0.05, 0) is 28.7 Å². The van der Waals surface area contributed by atoms with Gasteiger partial charge in [-0.2, -0.15) is 0 Å². The van der Waals surface area contributed by atoms with Crippen molar-refractivity contribution in [1.29, 1.82) is 0 Å². The summed E-state index contributed by atoms with van der Waals surface area (Å²) in [5, 5.41) is 0. The van der Waals surface area contributed by atoms with Crippen molar-refractivity contribution in [3.05, 3.63) is 95.1 Å². The van der Waals surface area contributed by atoms with Crippen molar-refractivity contribution in [2.45, 2.75) is 37.3 Å². The Bertz CT molecular complexity index is 1220. The molecule has 1 aliphatic carbocycles. The highest BCUT2D eigenvalue weighted by molar-refractivity contribution is 5.84. The first-order chi connectivity index (χ1) is 17.1. The second kappa shape index (κ2) is 8.57.